The van der Waals surface area contributed by atoms with Gasteiger partial charge in [0.2, 0.25) is 5.91 Å². The van der Waals surface area contributed by atoms with Gasteiger partial charge in [0.15, 0.2) is 0 Å². The zero-order chi connectivity index (χ0) is 20.5. The smallest absolute Gasteiger partial charge is 0.404 e. The molecule has 1 saturated carbocycles. The molecule has 8 nitrogen and oxygen atoms in total. The number of nitrogens with zero attached hydrogens (tertiary/aromatic N) is 3. The third-order valence-electron chi connectivity index (χ3n) is 6.04. The van der Waals surface area contributed by atoms with E-state index in [1.165, 1.54) is 0 Å². The molecule has 8 heteroatoms. The van der Waals surface area contributed by atoms with Gasteiger partial charge in [-0.1, -0.05) is 6.07 Å². The predicted octanol–water partition coefficient (Wildman–Crippen LogP) is 3.39. The van der Waals surface area contributed by atoms with Crippen LogP contribution in [-0.4, -0.2) is 33.4 Å². The summed E-state index contributed by atoms with van der Waals surface area (Å²) in [6, 6.07) is 6.10. The molecule has 154 valence electrons. The van der Waals surface area contributed by atoms with E-state index in [2.05, 4.69) is 21.8 Å². The van der Waals surface area contributed by atoms with Crippen molar-refractivity contribution in [3.8, 4) is 0 Å². The van der Waals surface area contributed by atoms with Crippen molar-refractivity contribution in [2.24, 2.45) is 18.9 Å². The Labute approximate surface area is 169 Å². The Morgan fingerprint density at radius 1 is 1.28 bits per heavy atom. The molecule has 0 atom stereocenters. The number of nitrogens with one attached hydrogen (secondary N) is 2. The first kappa shape index (κ1) is 19.3. The molecule has 1 aromatic heterocycles. The summed E-state index contributed by atoms with van der Waals surface area (Å²) in [5.41, 5.74) is 3.93. The number of benzene rings is 1. The Bertz CT molecular complexity index is 930. The number of hydrogen-bond donors (Lipinski definition) is 3. The lowest BCUT2D eigenvalue weighted by Gasteiger charge is -2.32. The standard InChI is InChI=1S/C21H27N5O3/c1-13-3-8-18-17(9-13)24-19-16(11-23-25(19)2)12-26(18)20(27)15-6-4-14(5-7-15)10-22-21(28)29/h3,8-9,11,14-15,22,24H,4-7,10,12H2,1-2H3,(H,28,29). The van der Waals surface area contributed by atoms with Crippen molar-refractivity contribution in [3.05, 3.63) is 35.5 Å². The summed E-state index contributed by atoms with van der Waals surface area (Å²) in [6.07, 6.45) is 4.13. The summed E-state index contributed by atoms with van der Waals surface area (Å²) < 4.78 is 1.80. The second-order valence-corrected chi connectivity index (χ2v) is 8.12. The lowest BCUT2D eigenvalue weighted by molar-refractivity contribution is -0.123. The molecule has 4 rings (SSSR count). The van der Waals surface area contributed by atoms with Gasteiger partial charge in [-0.05, 0) is 56.2 Å². The van der Waals surface area contributed by atoms with Crippen LogP contribution >= 0.6 is 0 Å². The van der Waals surface area contributed by atoms with Crippen LogP contribution in [0.3, 0.4) is 0 Å². The number of carboxylic acid groups (broad SMARTS) is 1. The maximum atomic E-state index is 13.5. The van der Waals surface area contributed by atoms with Gasteiger partial charge >= 0.3 is 6.09 Å². The fourth-order valence-corrected chi connectivity index (χ4v) is 4.39. The van der Waals surface area contributed by atoms with Crippen LogP contribution in [0.2, 0.25) is 0 Å². The van der Waals surface area contributed by atoms with E-state index in [4.69, 9.17) is 5.11 Å². The average Bonchev–Trinajstić information content (AvgIpc) is 2.95. The van der Waals surface area contributed by atoms with Gasteiger partial charge in [0, 0.05) is 25.1 Å². The molecule has 1 aliphatic heterocycles. The van der Waals surface area contributed by atoms with Crippen LogP contribution in [-0.2, 0) is 18.4 Å². The maximum Gasteiger partial charge on any atom is 0.404 e. The lowest BCUT2D eigenvalue weighted by Crippen LogP contribution is -2.38. The number of carbonyl (C=O) groups excluding carboxylic acids is 1. The van der Waals surface area contributed by atoms with Gasteiger partial charge in [-0.25, -0.2) is 4.79 Å². The van der Waals surface area contributed by atoms with Crippen molar-refractivity contribution in [2.75, 3.05) is 16.8 Å². The van der Waals surface area contributed by atoms with Gasteiger partial charge in [-0.3, -0.25) is 9.48 Å². The van der Waals surface area contributed by atoms with E-state index < -0.39 is 6.09 Å². The molecule has 1 aromatic carbocycles. The average molecular weight is 397 g/mol. The first-order chi connectivity index (χ1) is 13.9. The third kappa shape index (κ3) is 3.92. The first-order valence-electron chi connectivity index (χ1n) is 10.1. The van der Waals surface area contributed by atoms with Gasteiger partial charge in [0.25, 0.3) is 0 Å². The zero-order valence-corrected chi connectivity index (χ0v) is 16.8. The minimum atomic E-state index is -0.987. The molecule has 0 spiro atoms. The lowest BCUT2D eigenvalue weighted by atomic mass is 9.81. The van der Waals surface area contributed by atoms with Gasteiger partial charge in [0.05, 0.1) is 24.1 Å². The van der Waals surface area contributed by atoms with Crippen LogP contribution < -0.4 is 15.5 Å². The number of aryl methyl sites for hydroxylation is 2. The highest BCUT2D eigenvalue weighted by Gasteiger charge is 2.33. The molecular weight excluding hydrogens is 370 g/mol. The number of hydrogen-bond acceptors (Lipinski definition) is 4. The normalized spacial score (nSPS) is 20.8. The van der Waals surface area contributed by atoms with Crippen molar-refractivity contribution >= 4 is 29.2 Å². The molecule has 0 saturated heterocycles. The summed E-state index contributed by atoms with van der Waals surface area (Å²) in [6.45, 7) is 2.99. The molecule has 2 aromatic rings. The maximum absolute atomic E-state index is 13.5. The number of aromatic nitrogens is 2. The third-order valence-corrected chi connectivity index (χ3v) is 6.04. The fraction of sp³-hybridized carbons (Fsp3) is 0.476. The van der Waals surface area contributed by atoms with Gasteiger partial charge in [-0.2, -0.15) is 5.10 Å². The molecule has 2 amide bonds. The number of carbonyl (C=O) groups is 2. The molecule has 2 aliphatic rings. The summed E-state index contributed by atoms with van der Waals surface area (Å²) in [5.74, 6) is 1.32. The van der Waals surface area contributed by atoms with Crippen molar-refractivity contribution in [1.82, 2.24) is 15.1 Å². The highest BCUT2D eigenvalue weighted by atomic mass is 16.4. The molecular formula is C21H27N5O3. The highest BCUT2D eigenvalue weighted by Crippen LogP contribution is 2.39. The van der Waals surface area contributed by atoms with E-state index >= 15 is 0 Å². The van der Waals surface area contributed by atoms with E-state index in [0.717, 1.165) is 54.0 Å². The van der Waals surface area contributed by atoms with Crippen LogP contribution in [0, 0.1) is 18.8 Å². The SMILES string of the molecule is Cc1ccc2c(c1)Nc1c(cnn1C)CN2C(=O)C1CCC(CNC(=O)O)CC1. The largest absolute Gasteiger partial charge is 0.465 e. The monoisotopic (exact) mass is 397 g/mol. The van der Waals surface area contributed by atoms with Crippen LogP contribution in [0.25, 0.3) is 0 Å². The molecule has 2 heterocycles. The molecule has 1 aliphatic carbocycles. The second-order valence-electron chi connectivity index (χ2n) is 8.12. The van der Waals surface area contributed by atoms with Gasteiger partial charge < -0.3 is 20.6 Å². The summed E-state index contributed by atoms with van der Waals surface area (Å²) in [5, 5.41) is 19.1. The summed E-state index contributed by atoms with van der Waals surface area (Å²) >= 11 is 0. The minimum Gasteiger partial charge on any atom is -0.465 e. The molecule has 3 N–H and O–H groups in total. The summed E-state index contributed by atoms with van der Waals surface area (Å²) in [4.78, 5) is 26.1. The number of anilines is 3. The highest BCUT2D eigenvalue weighted by molar-refractivity contribution is 5.99. The Kier molecular flexibility index (Phi) is 5.17. The van der Waals surface area contributed by atoms with E-state index in [-0.39, 0.29) is 11.8 Å². The second kappa shape index (κ2) is 7.77. The van der Waals surface area contributed by atoms with E-state index in [0.29, 0.717) is 19.0 Å². The fourth-order valence-electron chi connectivity index (χ4n) is 4.39. The topological polar surface area (TPSA) is 99.5 Å². The van der Waals surface area contributed by atoms with Crippen LogP contribution in [0.1, 0.15) is 36.8 Å². The van der Waals surface area contributed by atoms with Crippen LogP contribution in [0.15, 0.2) is 24.4 Å². The van der Waals surface area contributed by atoms with Gasteiger partial charge in [0.1, 0.15) is 5.82 Å². The van der Waals surface area contributed by atoms with E-state index in [1.54, 1.807) is 4.68 Å². The zero-order valence-electron chi connectivity index (χ0n) is 16.8. The van der Waals surface area contributed by atoms with Crippen molar-refractivity contribution in [3.63, 3.8) is 0 Å². The Morgan fingerprint density at radius 2 is 2.03 bits per heavy atom. The van der Waals surface area contributed by atoms with Gasteiger partial charge in [-0.15, -0.1) is 0 Å². The minimum absolute atomic E-state index is 0.0385. The Balaban J connectivity index is 1.54. The van der Waals surface area contributed by atoms with Crippen molar-refractivity contribution in [2.45, 2.75) is 39.2 Å². The van der Waals surface area contributed by atoms with E-state index in [1.807, 2.05) is 37.2 Å². The van der Waals surface area contributed by atoms with Crippen molar-refractivity contribution < 1.29 is 14.7 Å². The molecule has 0 radical (unpaired) electrons. The quantitative estimate of drug-likeness (QED) is 0.737. The Morgan fingerprint density at radius 3 is 2.76 bits per heavy atom. The van der Waals surface area contributed by atoms with Crippen LogP contribution in [0.4, 0.5) is 22.0 Å². The molecule has 0 unspecified atom stereocenters. The molecule has 0 bridgehead atoms. The number of rotatable bonds is 3. The summed E-state index contributed by atoms with van der Waals surface area (Å²) in [7, 11) is 1.89. The molecule has 29 heavy (non-hydrogen) atoms. The predicted molar refractivity (Wildman–Crippen MR) is 110 cm³/mol. The number of amides is 2. The van der Waals surface area contributed by atoms with E-state index in [9.17, 15) is 9.59 Å². The Hall–Kier alpha value is -3.03. The molecule has 1 fully saturated rings. The van der Waals surface area contributed by atoms with Crippen LogP contribution in [0.5, 0.6) is 0 Å². The number of fused-ring (bicyclic) bond motifs is 2. The first-order valence-corrected chi connectivity index (χ1v) is 10.1. The van der Waals surface area contributed by atoms with Crippen molar-refractivity contribution in [1.29, 1.82) is 0 Å².